The maximum atomic E-state index is 13.0. The highest BCUT2D eigenvalue weighted by atomic mass is 32.1. The Labute approximate surface area is 167 Å². The van der Waals surface area contributed by atoms with Gasteiger partial charge in [0.1, 0.15) is 0 Å². The third kappa shape index (κ3) is 3.68. The molecule has 0 saturated carbocycles. The molecule has 0 saturated heterocycles. The second-order valence-electron chi connectivity index (χ2n) is 6.08. The van der Waals surface area contributed by atoms with Crippen molar-refractivity contribution in [3.8, 4) is 23.0 Å². The van der Waals surface area contributed by atoms with E-state index in [9.17, 15) is 4.79 Å². The van der Waals surface area contributed by atoms with Gasteiger partial charge in [0.15, 0.2) is 27.8 Å². The van der Waals surface area contributed by atoms with Gasteiger partial charge in [0.25, 0.3) is 5.56 Å². The van der Waals surface area contributed by atoms with Crippen LogP contribution >= 0.6 is 12.2 Å². The van der Waals surface area contributed by atoms with E-state index in [1.165, 1.54) is 7.11 Å². The number of ether oxygens (including phenoxy) is 4. The van der Waals surface area contributed by atoms with Crippen LogP contribution in [0.4, 0.5) is 0 Å². The molecule has 0 radical (unpaired) electrons. The first-order chi connectivity index (χ1) is 13.5. The molecule has 1 aromatic heterocycles. The van der Waals surface area contributed by atoms with E-state index in [0.717, 1.165) is 5.56 Å². The van der Waals surface area contributed by atoms with E-state index in [-0.39, 0.29) is 5.56 Å². The summed E-state index contributed by atoms with van der Waals surface area (Å²) in [5.41, 5.74) is 1.43. The first-order valence-electron chi connectivity index (χ1n) is 8.62. The number of rotatable bonds is 7. The van der Waals surface area contributed by atoms with Crippen LogP contribution in [0.1, 0.15) is 5.56 Å². The van der Waals surface area contributed by atoms with E-state index in [4.69, 9.17) is 31.2 Å². The van der Waals surface area contributed by atoms with Crippen molar-refractivity contribution < 1.29 is 18.9 Å². The predicted molar refractivity (Wildman–Crippen MR) is 110 cm³/mol. The van der Waals surface area contributed by atoms with Crippen molar-refractivity contribution in [2.24, 2.45) is 0 Å². The fourth-order valence-electron chi connectivity index (χ4n) is 3.06. The van der Waals surface area contributed by atoms with Crippen LogP contribution < -0.4 is 24.5 Å². The molecule has 1 N–H and O–H groups in total. The number of hydrogen-bond donors (Lipinski definition) is 1. The molecule has 0 aliphatic heterocycles. The monoisotopic (exact) mass is 402 g/mol. The summed E-state index contributed by atoms with van der Waals surface area (Å²) < 4.78 is 23.1. The van der Waals surface area contributed by atoms with Gasteiger partial charge in [-0.3, -0.25) is 9.36 Å². The number of aromatic amines is 1. The number of aromatic nitrogens is 2. The molecule has 0 unspecified atom stereocenters. The van der Waals surface area contributed by atoms with Crippen molar-refractivity contribution >= 4 is 23.1 Å². The molecular weight excluding hydrogens is 380 g/mol. The van der Waals surface area contributed by atoms with Gasteiger partial charge in [0.2, 0.25) is 0 Å². The van der Waals surface area contributed by atoms with Crippen LogP contribution in [0, 0.1) is 4.77 Å². The van der Waals surface area contributed by atoms with Gasteiger partial charge >= 0.3 is 0 Å². The molecule has 1 heterocycles. The number of H-pyrrole nitrogens is 1. The minimum atomic E-state index is -0.180. The van der Waals surface area contributed by atoms with Gasteiger partial charge in [-0.05, 0) is 42.4 Å². The molecular formula is C20H22N2O5S. The van der Waals surface area contributed by atoms with Crippen LogP contribution in [0.25, 0.3) is 10.9 Å². The number of methoxy groups -OCH3 is 4. The van der Waals surface area contributed by atoms with Gasteiger partial charge in [0.05, 0.1) is 39.3 Å². The molecule has 3 rings (SSSR count). The normalized spacial score (nSPS) is 10.7. The highest BCUT2D eigenvalue weighted by molar-refractivity contribution is 7.71. The smallest absolute Gasteiger partial charge is 0.262 e. The minimum absolute atomic E-state index is 0.180. The summed E-state index contributed by atoms with van der Waals surface area (Å²) in [5, 5.41) is 0.485. The lowest BCUT2D eigenvalue weighted by Crippen LogP contribution is -2.23. The van der Waals surface area contributed by atoms with E-state index in [1.54, 1.807) is 38.0 Å². The Bertz CT molecular complexity index is 1120. The number of fused-ring (bicyclic) bond motifs is 1. The second-order valence-corrected chi connectivity index (χ2v) is 6.47. The van der Waals surface area contributed by atoms with Crippen LogP contribution in [0.15, 0.2) is 35.1 Å². The molecule has 0 atom stereocenters. The lowest BCUT2D eigenvalue weighted by atomic mass is 10.1. The Balaban J connectivity index is 1.97. The lowest BCUT2D eigenvalue weighted by molar-refractivity contribution is 0.354. The molecule has 0 amide bonds. The van der Waals surface area contributed by atoms with Crippen LogP contribution in [-0.2, 0) is 13.0 Å². The summed E-state index contributed by atoms with van der Waals surface area (Å²) in [6.45, 7) is 0.425. The van der Waals surface area contributed by atoms with Crippen molar-refractivity contribution in [1.29, 1.82) is 0 Å². The first-order valence-corrected chi connectivity index (χ1v) is 9.03. The highest BCUT2D eigenvalue weighted by Crippen LogP contribution is 2.30. The molecule has 148 valence electrons. The zero-order valence-electron chi connectivity index (χ0n) is 16.2. The van der Waals surface area contributed by atoms with Crippen LogP contribution in [0.3, 0.4) is 0 Å². The summed E-state index contributed by atoms with van der Waals surface area (Å²) in [6, 6.07) is 9.05. The van der Waals surface area contributed by atoms with Crippen LogP contribution in [0.2, 0.25) is 0 Å². The summed E-state index contributed by atoms with van der Waals surface area (Å²) >= 11 is 5.40. The maximum absolute atomic E-state index is 13.0. The molecule has 8 heteroatoms. The van der Waals surface area contributed by atoms with Crippen molar-refractivity contribution in [3.63, 3.8) is 0 Å². The molecule has 3 aromatic rings. The number of aryl methyl sites for hydroxylation is 1. The topological polar surface area (TPSA) is 74.7 Å². The lowest BCUT2D eigenvalue weighted by Gasteiger charge is -2.12. The molecule has 7 nitrogen and oxygen atoms in total. The molecule has 0 fully saturated rings. The average molecular weight is 402 g/mol. The summed E-state index contributed by atoms with van der Waals surface area (Å²) in [6.07, 6.45) is 0.608. The van der Waals surface area contributed by atoms with Gasteiger partial charge in [-0.1, -0.05) is 6.07 Å². The van der Waals surface area contributed by atoms with Gasteiger partial charge in [-0.25, -0.2) is 0 Å². The third-order valence-corrected chi connectivity index (χ3v) is 4.88. The number of nitrogens with one attached hydrogen (secondary N) is 1. The number of nitrogens with zero attached hydrogens (tertiary/aromatic N) is 1. The molecule has 0 spiro atoms. The Morgan fingerprint density at radius 3 is 2.14 bits per heavy atom. The Morgan fingerprint density at radius 2 is 1.50 bits per heavy atom. The predicted octanol–water partition coefficient (Wildman–Crippen LogP) is 3.34. The van der Waals surface area contributed by atoms with E-state index in [1.807, 2.05) is 18.2 Å². The summed E-state index contributed by atoms with van der Waals surface area (Å²) in [7, 11) is 6.26. The third-order valence-electron chi connectivity index (χ3n) is 4.56. The zero-order valence-corrected chi connectivity index (χ0v) is 17.0. The maximum Gasteiger partial charge on any atom is 0.262 e. The molecule has 0 bridgehead atoms. The van der Waals surface area contributed by atoms with Crippen LogP contribution in [-0.4, -0.2) is 38.0 Å². The zero-order chi connectivity index (χ0) is 20.3. The van der Waals surface area contributed by atoms with Crippen molar-refractivity contribution in [2.45, 2.75) is 13.0 Å². The van der Waals surface area contributed by atoms with Crippen LogP contribution in [0.5, 0.6) is 23.0 Å². The highest BCUT2D eigenvalue weighted by Gasteiger charge is 2.12. The fourth-order valence-corrected chi connectivity index (χ4v) is 3.34. The standard InChI is InChI=1S/C20H22N2O5S/c1-24-15-6-5-12(9-16(15)25-2)7-8-22-19(23)13-10-17(26-3)18(27-4)11-14(13)21-20(22)28/h5-6,9-11H,7-8H2,1-4H3,(H,21,28). The Kier molecular flexibility index (Phi) is 5.89. The molecule has 0 aliphatic rings. The van der Waals surface area contributed by atoms with Gasteiger partial charge < -0.3 is 23.9 Å². The van der Waals surface area contributed by atoms with Crippen molar-refractivity contribution in [2.75, 3.05) is 28.4 Å². The Hall–Kier alpha value is -3.00. The largest absolute Gasteiger partial charge is 0.493 e. The average Bonchev–Trinajstić information content (AvgIpc) is 2.72. The van der Waals surface area contributed by atoms with Gasteiger partial charge in [0, 0.05) is 12.6 Å². The van der Waals surface area contributed by atoms with Gasteiger partial charge in [-0.2, -0.15) is 0 Å². The molecule has 0 aliphatic carbocycles. The summed E-state index contributed by atoms with van der Waals surface area (Å²) in [4.78, 5) is 16.1. The minimum Gasteiger partial charge on any atom is -0.493 e. The van der Waals surface area contributed by atoms with E-state index < -0.39 is 0 Å². The van der Waals surface area contributed by atoms with Gasteiger partial charge in [-0.15, -0.1) is 0 Å². The Morgan fingerprint density at radius 1 is 0.893 bits per heavy atom. The SMILES string of the molecule is COc1ccc(CCn2c(=S)[nH]c3cc(OC)c(OC)cc3c2=O)cc1OC. The molecule has 2 aromatic carbocycles. The first kappa shape index (κ1) is 19.8. The number of benzene rings is 2. The summed E-state index contributed by atoms with van der Waals surface area (Å²) in [5.74, 6) is 2.33. The van der Waals surface area contributed by atoms with E-state index in [2.05, 4.69) is 4.98 Å². The fraction of sp³-hybridized carbons (Fsp3) is 0.300. The van der Waals surface area contributed by atoms with Crippen molar-refractivity contribution in [3.05, 3.63) is 51.0 Å². The quantitative estimate of drug-likeness (QED) is 0.611. The van der Waals surface area contributed by atoms with E-state index >= 15 is 0 Å². The number of hydrogen-bond acceptors (Lipinski definition) is 6. The molecule has 28 heavy (non-hydrogen) atoms. The second kappa shape index (κ2) is 8.35. The van der Waals surface area contributed by atoms with Crippen molar-refractivity contribution in [1.82, 2.24) is 9.55 Å². The van der Waals surface area contributed by atoms with E-state index in [0.29, 0.717) is 51.6 Å².